The lowest BCUT2D eigenvalue weighted by molar-refractivity contribution is 0.663. The number of hydrogen-bond acceptors (Lipinski definition) is 4. The van der Waals surface area contributed by atoms with Crippen LogP contribution in [0, 0.1) is 0 Å². The van der Waals surface area contributed by atoms with Gasteiger partial charge in [-0.2, -0.15) is 11.8 Å². The average molecular weight is 279 g/mol. The molecule has 1 atom stereocenters. The van der Waals surface area contributed by atoms with E-state index in [1.807, 2.05) is 18.0 Å². The zero-order valence-electron chi connectivity index (χ0n) is 12.2. The maximum absolute atomic E-state index is 4.46. The van der Waals surface area contributed by atoms with Crippen LogP contribution in [0.3, 0.4) is 0 Å². The fourth-order valence-electron chi connectivity index (χ4n) is 2.22. The molecule has 0 spiro atoms. The van der Waals surface area contributed by atoms with Gasteiger partial charge < -0.3 is 10.2 Å². The van der Waals surface area contributed by atoms with Gasteiger partial charge in [-0.25, -0.2) is 0 Å². The highest BCUT2D eigenvalue weighted by molar-refractivity contribution is 7.98. The smallest absolute Gasteiger partial charge is 0.0562 e. The van der Waals surface area contributed by atoms with Crippen molar-refractivity contribution in [1.29, 1.82) is 0 Å². The molecule has 0 amide bonds. The Morgan fingerprint density at radius 3 is 2.95 bits per heavy atom. The largest absolute Gasteiger partial charge is 0.371 e. The number of nitrogens with zero attached hydrogens (tertiary/aromatic N) is 2. The molecule has 0 saturated heterocycles. The molecule has 19 heavy (non-hydrogen) atoms. The van der Waals surface area contributed by atoms with E-state index in [1.165, 1.54) is 30.7 Å². The van der Waals surface area contributed by atoms with E-state index in [0.29, 0.717) is 6.04 Å². The highest BCUT2D eigenvalue weighted by atomic mass is 32.2. The summed E-state index contributed by atoms with van der Waals surface area (Å²) in [5, 5.41) is 3.52. The van der Waals surface area contributed by atoms with E-state index < -0.39 is 0 Å². The molecule has 1 N–H and O–H groups in total. The van der Waals surface area contributed by atoms with Gasteiger partial charge in [0.15, 0.2) is 0 Å². The monoisotopic (exact) mass is 279 g/mol. The second-order valence-corrected chi connectivity index (χ2v) is 6.20. The van der Waals surface area contributed by atoms with Crippen molar-refractivity contribution in [2.45, 2.75) is 44.8 Å². The molecule has 1 aromatic rings. The summed E-state index contributed by atoms with van der Waals surface area (Å²) in [5.74, 6) is 1.17. The van der Waals surface area contributed by atoms with Crippen molar-refractivity contribution in [2.75, 3.05) is 24.0 Å². The second kappa shape index (κ2) is 7.15. The molecule has 2 rings (SSSR count). The van der Waals surface area contributed by atoms with Crippen LogP contribution in [0.2, 0.25) is 0 Å². The maximum atomic E-state index is 4.46. The maximum Gasteiger partial charge on any atom is 0.0562 e. The van der Waals surface area contributed by atoms with E-state index in [2.05, 4.69) is 47.6 Å². The van der Waals surface area contributed by atoms with Gasteiger partial charge in [0.2, 0.25) is 0 Å². The Morgan fingerprint density at radius 2 is 2.32 bits per heavy atom. The minimum absolute atomic E-state index is 0.599. The number of aromatic nitrogens is 1. The third-order valence-electron chi connectivity index (χ3n) is 3.73. The van der Waals surface area contributed by atoms with Crippen molar-refractivity contribution in [2.24, 2.45) is 0 Å². The molecular weight excluding hydrogens is 254 g/mol. The summed E-state index contributed by atoms with van der Waals surface area (Å²) in [6.07, 6.45) is 7.93. The molecule has 1 aliphatic rings. The molecule has 3 nitrogen and oxygen atoms in total. The van der Waals surface area contributed by atoms with Gasteiger partial charge in [0.25, 0.3) is 0 Å². The van der Waals surface area contributed by atoms with Crippen molar-refractivity contribution >= 4 is 17.4 Å². The van der Waals surface area contributed by atoms with Crippen LogP contribution in [0.1, 0.15) is 31.9 Å². The van der Waals surface area contributed by atoms with Gasteiger partial charge in [-0.1, -0.05) is 6.92 Å². The van der Waals surface area contributed by atoms with Gasteiger partial charge >= 0.3 is 0 Å². The predicted molar refractivity (Wildman–Crippen MR) is 85.0 cm³/mol. The Kier molecular flexibility index (Phi) is 5.52. The molecule has 1 aliphatic carbocycles. The summed E-state index contributed by atoms with van der Waals surface area (Å²) in [7, 11) is 2.19. The van der Waals surface area contributed by atoms with Crippen LogP contribution in [-0.4, -0.2) is 36.1 Å². The summed E-state index contributed by atoms with van der Waals surface area (Å²) in [6.45, 7) is 3.15. The minimum atomic E-state index is 0.599. The van der Waals surface area contributed by atoms with Crippen LogP contribution in [0.5, 0.6) is 0 Å². The number of pyridine rings is 1. The molecule has 1 saturated carbocycles. The van der Waals surface area contributed by atoms with Crippen molar-refractivity contribution in [3.05, 3.63) is 24.0 Å². The molecule has 0 aliphatic heterocycles. The first kappa shape index (κ1) is 14.7. The number of anilines is 1. The quantitative estimate of drug-likeness (QED) is 0.792. The number of hydrogen-bond donors (Lipinski definition) is 1. The van der Waals surface area contributed by atoms with Crippen LogP contribution in [0.25, 0.3) is 0 Å². The van der Waals surface area contributed by atoms with Crippen molar-refractivity contribution in [3.63, 3.8) is 0 Å². The molecule has 106 valence electrons. The van der Waals surface area contributed by atoms with Crippen LogP contribution < -0.4 is 10.2 Å². The Labute approximate surface area is 121 Å². The minimum Gasteiger partial charge on any atom is -0.371 e. The van der Waals surface area contributed by atoms with Gasteiger partial charge in [-0.05, 0) is 37.7 Å². The van der Waals surface area contributed by atoms with Crippen LogP contribution in [0.15, 0.2) is 18.3 Å². The number of nitrogens with one attached hydrogen (secondary N) is 1. The Hall–Kier alpha value is -0.740. The highest BCUT2D eigenvalue weighted by Gasteiger charge is 2.20. The Balaban J connectivity index is 1.98. The lowest BCUT2D eigenvalue weighted by atomic mass is 10.2. The number of thioether (sulfide) groups is 1. The molecular formula is C15H25N3S. The standard InChI is InChI=1S/C15H25N3S/c1-4-14(11-19-3)18(2)15-7-8-16-13(9-15)10-17-12-5-6-12/h7-9,12,14,17H,4-6,10-11H2,1-3H3. The van der Waals surface area contributed by atoms with Crippen molar-refractivity contribution in [1.82, 2.24) is 10.3 Å². The normalized spacial score (nSPS) is 16.4. The van der Waals surface area contributed by atoms with E-state index in [4.69, 9.17) is 0 Å². The lowest BCUT2D eigenvalue weighted by Gasteiger charge is -2.29. The van der Waals surface area contributed by atoms with Gasteiger partial charge in [0.05, 0.1) is 5.69 Å². The molecule has 1 unspecified atom stereocenters. The third kappa shape index (κ3) is 4.39. The van der Waals surface area contributed by atoms with Crippen LogP contribution in [0.4, 0.5) is 5.69 Å². The Morgan fingerprint density at radius 1 is 1.53 bits per heavy atom. The van der Waals surface area contributed by atoms with Crippen molar-refractivity contribution < 1.29 is 0 Å². The van der Waals surface area contributed by atoms with Gasteiger partial charge in [0, 0.05) is 43.3 Å². The molecule has 4 heteroatoms. The zero-order chi connectivity index (χ0) is 13.7. The number of rotatable bonds is 8. The highest BCUT2D eigenvalue weighted by Crippen LogP contribution is 2.21. The molecule has 1 aromatic heterocycles. The summed E-state index contributed by atoms with van der Waals surface area (Å²) in [6, 6.07) is 5.67. The van der Waals surface area contributed by atoms with Crippen molar-refractivity contribution in [3.8, 4) is 0 Å². The van der Waals surface area contributed by atoms with Gasteiger partial charge in [-0.3, -0.25) is 4.98 Å². The van der Waals surface area contributed by atoms with E-state index in [1.54, 1.807) is 0 Å². The summed E-state index contributed by atoms with van der Waals surface area (Å²) in [5.41, 5.74) is 2.43. The summed E-state index contributed by atoms with van der Waals surface area (Å²) in [4.78, 5) is 6.85. The first-order chi connectivity index (χ1) is 9.24. The first-order valence-electron chi connectivity index (χ1n) is 7.14. The SMILES string of the molecule is CCC(CSC)N(C)c1ccnc(CNC2CC2)c1. The summed E-state index contributed by atoms with van der Waals surface area (Å²) < 4.78 is 0. The fourth-order valence-corrected chi connectivity index (χ4v) is 3.07. The zero-order valence-corrected chi connectivity index (χ0v) is 13.0. The molecule has 1 fully saturated rings. The molecule has 1 heterocycles. The predicted octanol–water partition coefficient (Wildman–Crippen LogP) is 2.91. The second-order valence-electron chi connectivity index (χ2n) is 5.29. The van der Waals surface area contributed by atoms with Gasteiger partial charge in [-0.15, -0.1) is 0 Å². The molecule has 0 aromatic carbocycles. The van der Waals surface area contributed by atoms with E-state index >= 15 is 0 Å². The topological polar surface area (TPSA) is 28.2 Å². The van der Waals surface area contributed by atoms with E-state index in [0.717, 1.165) is 18.3 Å². The van der Waals surface area contributed by atoms with E-state index in [9.17, 15) is 0 Å². The van der Waals surface area contributed by atoms with Crippen LogP contribution in [-0.2, 0) is 6.54 Å². The summed E-state index contributed by atoms with van der Waals surface area (Å²) >= 11 is 1.91. The first-order valence-corrected chi connectivity index (χ1v) is 8.54. The Bertz CT molecular complexity index is 393. The van der Waals surface area contributed by atoms with Crippen LogP contribution >= 0.6 is 11.8 Å². The molecule has 0 radical (unpaired) electrons. The van der Waals surface area contributed by atoms with Gasteiger partial charge in [0.1, 0.15) is 0 Å². The third-order valence-corrected chi connectivity index (χ3v) is 4.45. The average Bonchev–Trinajstić information content (AvgIpc) is 3.26. The molecule has 0 bridgehead atoms. The lowest BCUT2D eigenvalue weighted by Crippen LogP contribution is -2.33. The van der Waals surface area contributed by atoms with E-state index in [-0.39, 0.29) is 0 Å². The fraction of sp³-hybridized carbons (Fsp3) is 0.667.